The Bertz CT molecular complexity index is 1180. The lowest BCUT2D eigenvalue weighted by atomic mass is 10.1. The number of amides is 1. The standard InChI is InChI=1S/C24H17Cl2FN2O2/c1-15-5-4-6-16(9-15)14-31-23-19(25)11-17(12-20(23)26)10-18(13-28)24(30)29-22-8-3-2-7-21(22)27/h2-12H,14H2,1H3,(H,29,30)/b18-10-. The Morgan fingerprint density at radius 3 is 2.48 bits per heavy atom. The van der Waals surface area contributed by atoms with Crippen LogP contribution in [0.1, 0.15) is 16.7 Å². The van der Waals surface area contributed by atoms with Crippen LogP contribution in [0.3, 0.4) is 0 Å². The molecule has 31 heavy (non-hydrogen) atoms. The van der Waals surface area contributed by atoms with Crippen molar-refractivity contribution in [3.63, 3.8) is 0 Å². The number of nitrogens with zero attached hydrogens (tertiary/aromatic N) is 1. The van der Waals surface area contributed by atoms with Crippen molar-refractivity contribution in [2.75, 3.05) is 5.32 Å². The number of carbonyl (C=O) groups is 1. The summed E-state index contributed by atoms with van der Waals surface area (Å²) in [4.78, 5) is 12.4. The summed E-state index contributed by atoms with van der Waals surface area (Å²) < 4.78 is 19.5. The van der Waals surface area contributed by atoms with Crippen LogP contribution in [-0.2, 0) is 11.4 Å². The van der Waals surface area contributed by atoms with E-state index in [2.05, 4.69) is 5.32 Å². The molecular formula is C24H17Cl2FN2O2. The second-order valence-corrected chi connectivity index (χ2v) is 7.51. The summed E-state index contributed by atoms with van der Waals surface area (Å²) in [5.74, 6) is -1.05. The van der Waals surface area contributed by atoms with Crippen molar-refractivity contribution >= 4 is 40.9 Å². The summed E-state index contributed by atoms with van der Waals surface area (Å²) in [5.41, 5.74) is 2.25. The third-order valence-electron chi connectivity index (χ3n) is 4.28. The number of hydrogen-bond acceptors (Lipinski definition) is 3. The van der Waals surface area contributed by atoms with Gasteiger partial charge in [0, 0.05) is 0 Å². The summed E-state index contributed by atoms with van der Waals surface area (Å²) >= 11 is 12.6. The van der Waals surface area contributed by atoms with E-state index in [1.54, 1.807) is 12.1 Å². The van der Waals surface area contributed by atoms with Crippen molar-refractivity contribution in [2.45, 2.75) is 13.5 Å². The van der Waals surface area contributed by atoms with Crippen LogP contribution in [0.25, 0.3) is 6.08 Å². The number of aryl methyl sites for hydroxylation is 1. The van der Waals surface area contributed by atoms with Crippen LogP contribution in [0.5, 0.6) is 5.75 Å². The zero-order chi connectivity index (χ0) is 22.4. The van der Waals surface area contributed by atoms with Gasteiger partial charge in [-0.05, 0) is 48.4 Å². The number of rotatable bonds is 6. The zero-order valence-corrected chi connectivity index (χ0v) is 18.0. The molecular weight excluding hydrogens is 438 g/mol. The van der Waals surface area contributed by atoms with Crippen molar-refractivity contribution in [3.8, 4) is 11.8 Å². The average Bonchev–Trinajstić information content (AvgIpc) is 2.73. The molecule has 3 rings (SSSR count). The fraction of sp³-hybridized carbons (Fsp3) is 0.0833. The van der Waals surface area contributed by atoms with E-state index in [4.69, 9.17) is 27.9 Å². The SMILES string of the molecule is Cc1cccc(COc2c(Cl)cc(/C=C(/C#N)C(=O)Nc3ccccc3F)cc2Cl)c1. The molecule has 0 aromatic heterocycles. The molecule has 0 radical (unpaired) electrons. The Kier molecular flexibility index (Phi) is 7.30. The van der Waals surface area contributed by atoms with Crippen molar-refractivity contribution in [1.29, 1.82) is 5.26 Å². The van der Waals surface area contributed by atoms with Crippen LogP contribution in [0.2, 0.25) is 10.0 Å². The van der Waals surface area contributed by atoms with Gasteiger partial charge in [-0.2, -0.15) is 5.26 Å². The third kappa shape index (κ3) is 5.85. The van der Waals surface area contributed by atoms with E-state index < -0.39 is 11.7 Å². The molecule has 0 heterocycles. The van der Waals surface area contributed by atoms with E-state index >= 15 is 0 Å². The second kappa shape index (κ2) is 10.1. The molecule has 156 valence electrons. The van der Waals surface area contributed by atoms with Gasteiger partial charge < -0.3 is 10.1 Å². The van der Waals surface area contributed by atoms with E-state index in [1.807, 2.05) is 31.2 Å². The first-order valence-electron chi connectivity index (χ1n) is 9.22. The van der Waals surface area contributed by atoms with Crippen molar-refractivity contribution in [1.82, 2.24) is 0 Å². The molecule has 0 saturated carbocycles. The molecule has 0 aliphatic carbocycles. The zero-order valence-electron chi connectivity index (χ0n) is 16.5. The quantitative estimate of drug-likeness (QED) is 0.338. The molecule has 0 bridgehead atoms. The van der Waals surface area contributed by atoms with Crippen molar-refractivity contribution < 1.29 is 13.9 Å². The van der Waals surface area contributed by atoms with Gasteiger partial charge in [-0.25, -0.2) is 4.39 Å². The highest BCUT2D eigenvalue weighted by atomic mass is 35.5. The Balaban J connectivity index is 1.78. The molecule has 0 spiro atoms. The molecule has 3 aromatic rings. The largest absolute Gasteiger partial charge is 0.486 e. The smallest absolute Gasteiger partial charge is 0.266 e. The van der Waals surface area contributed by atoms with E-state index in [0.29, 0.717) is 11.3 Å². The molecule has 0 unspecified atom stereocenters. The van der Waals surface area contributed by atoms with Crippen molar-refractivity contribution in [3.05, 3.63) is 98.8 Å². The highest BCUT2D eigenvalue weighted by molar-refractivity contribution is 6.37. The van der Waals surface area contributed by atoms with Gasteiger partial charge in [0.1, 0.15) is 24.1 Å². The van der Waals surface area contributed by atoms with Crippen LogP contribution in [0.4, 0.5) is 10.1 Å². The Labute approximate surface area is 189 Å². The van der Waals surface area contributed by atoms with Gasteiger partial charge in [-0.15, -0.1) is 0 Å². The van der Waals surface area contributed by atoms with Crippen LogP contribution in [0.15, 0.2) is 66.2 Å². The number of para-hydroxylation sites is 1. The van der Waals surface area contributed by atoms with Crippen LogP contribution in [0, 0.1) is 24.1 Å². The number of benzene rings is 3. The Morgan fingerprint density at radius 2 is 1.84 bits per heavy atom. The molecule has 1 N–H and O–H groups in total. The van der Waals surface area contributed by atoms with Gasteiger partial charge in [0.05, 0.1) is 15.7 Å². The number of nitrogens with one attached hydrogen (secondary N) is 1. The molecule has 0 aliphatic rings. The first-order valence-corrected chi connectivity index (χ1v) is 9.98. The van der Waals surface area contributed by atoms with Gasteiger partial charge in [0.2, 0.25) is 0 Å². The summed E-state index contributed by atoms with van der Waals surface area (Å²) in [7, 11) is 0. The number of hydrogen-bond donors (Lipinski definition) is 1. The predicted molar refractivity (Wildman–Crippen MR) is 121 cm³/mol. The first-order chi connectivity index (χ1) is 14.9. The molecule has 0 aliphatic heterocycles. The molecule has 1 amide bonds. The summed E-state index contributed by atoms with van der Waals surface area (Å²) in [6, 6.07) is 18.4. The van der Waals surface area contributed by atoms with Crippen LogP contribution >= 0.6 is 23.2 Å². The molecule has 7 heteroatoms. The molecule has 0 atom stereocenters. The molecule has 4 nitrogen and oxygen atoms in total. The van der Waals surface area contributed by atoms with Gasteiger partial charge in [-0.3, -0.25) is 4.79 Å². The summed E-state index contributed by atoms with van der Waals surface area (Å²) in [6.45, 7) is 2.27. The monoisotopic (exact) mass is 454 g/mol. The van der Waals surface area contributed by atoms with E-state index in [1.165, 1.54) is 36.4 Å². The minimum absolute atomic E-state index is 0.0235. The number of halogens is 3. The maximum atomic E-state index is 13.7. The van der Waals surface area contributed by atoms with Crippen LogP contribution in [-0.4, -0.2) is 5.91 Å². The maximum absolute atomic E-state index is 13.7. The van der Waals surface area contributed by atoms with E-state index in [9.17, 15) is 14.4 Å². The minimum Gasteiger partial charge on any atom is -0.486 e. The fourth-order valence-corrected chi connectivity index (χ4v) is 3.44. The topological polar surface area (TPSA) is 62.1 Å². The number of ether oxygens (including phenoxy) is 1. The van der Waals surface area contributed by atoms with Gasteiger partial charge in [0.25, 0.3) is 5.91 Å². The number of nitriles is 1. The lowest BCUT2D eigenvalue weighted by molar-refractivity contribution is -0.112. The molecule has 0 fully saturated rings. The molecule has 3 aromatic carbocycles. The first kappa shape index (κ1) is 22.4. The van der Waals surface area contributed by atoms with Gasteiger partial charge >= 0.3 is 0 Å². The highest BCUT2D eigenvalue weighted by Gasteiger charge is 2.14. The predicted octanol–water partition coefficient (Wildman–Crippen LogP) is 6.57. The van der Waals surface area contributed by atoms with Gasteiger partial charge in [0.15, 0.2) is 5.75 Å². The molecule has 0 saturated heterocycles. The second-order valence-electron chi connectivity index (χ2n) is 6.70. The van der Waals surface area contributed by atoms with Gasteiger partial charge in [-0.1, -0.05) is 65.2 Å². The number of carbonyl (C=O) groups excluding carboxylic acids is 1. The highest BCUT2D eigenvalue weighted by Crippen LogP contribution is 2.35. The number of anilines is 1. The average molecular weight is 455 g/mol. The Morgan fingerprint density at radius 1 is 1.13 bits per heavy atom. The summed E-state index contributed by atoms with van der Waals surface area (Å²) in [5, 5.41) is 12.2. The van der Waals surface area contributed by atoms with Crippen molar-refractivity contribution in [2.24, 2.45) is 0 Å². The normalized spacial score (nSPS) is 11.0. The maximum Gasteiger partial charge on any atom is 0.266 e. The lowest BCUT2D eigenvalue weighted by Crippen LogP contribution is -2.14. The fourth-order valence-electron chi connectivity index (χ4n) is 2.83. The van der Waals surface area contributed by atoms with E-state index in [-0.39, 0.29) is 27.9 Å². The van der Waals surface area contributed by atoms with Crippen LogP contribution < -0.4 is 10.1 Å². The minimum atomic E-state index is -0.750. The lowest BCUT2D eigenvalue weighted by Gasteiger charge is -2.12. The third-order valence-corrected chi connectivity index (χ3v) is 4.85. The van der Waals surface area contributed by atoms with E-state index in [0.717, 1.165) is 11.1 Å². The Hall–Kier alpha value is -3.33. The summed E-state index contributed by atoms with van der Waals surface area (Å²) in [6.07, 6.45) is 1.32.